The van der Waals surface area contributed by atoms with E-state index in [0.717, 1.165) is 22.3 Å². The maximum absolute atomic E-state index is 5.47. The van der Waals surface area contributed by atoms with Crippen LogP contribution in [0.5, 0.6) is 0 Å². The maximum atomic E-state index is 5.47. The zero-order valence-electron chi connectivity index (χ0n) is 14.8. The lowest BCUT2D eigenvalue weighted by atomic mass is 9.99. The van der Waals surface area contributed by atoms with E-state index in [1.807, 2.05) is 12.1 Å². The molecule has 4 heteroatoms. The summed E-state index contributed by atoms with van der Waals surface area (Å²) < 4.78 is 21.9. The quantitative estimate of drug-likeness (QED) is 0.428. The number of benzene rings is 1. The number of terminal acetylenes is 4. The molecular formula is C22H22O4. The summed E-state index contributed by atoms with van der Waals surface area (Å²) in [5, 5.41) is 0. The lowest BCUT2D eigenvalue weighted by Crippen LogP contribution is -2.08. The monoisotopic (exact) mass is 350 g/mol. The molecule has 0 bridgehead atoms. The number of hydrogen-bond acceptors (Lipinski definition) is 4. The Hall–Kier alpha value is -2.70. The van der Waals surface area contributed by atoms with Crippen LogP contribution < -0.4 is 0 Å². The van der Waals surface area contributed by atoms with E-state index in [1.54, 1.807) is 0 Å². The Bertz CT molecular complexity index is 600. The van der Waals surface area contributed by atoms with Gasteiger partial charge in [-0.15, -0.1) is 25.7 Å². The van der Waals surface area contributed by atoms with Gasteiger partial charge in [0.1, 0.15) is 26.4 Å². The zero-order valence-corrected chi connectivity index (χ0v) is 14.8. The van der Waals surface area contributed by atoms with Gasteiger partial charge in [-0.25, -0.2) is 0 Å². The zero-order chi connectivity index (χ0) is 19.0. The lowest BCUT2D eigenvalue weighted by Gasteiger charge is -2.16. The largest absolute Gasteiger partial charge is 0.364 e. The Labute approximate surface area is 156 Å². The van der Waals surface area contributed by atoms with Gasteiger partial charge in [0.25, 0.3) is 0 Å². The van der Waals surface area contributed by atoms with Crippen LogP contribution in [0.2, 0.25) is 0 Å². The second kappa shape index (κ2) is 13.6. The Morgan fingerprint density at radius 1 is 0.500 bits per heavy atom. The third kappa shape index (κ3) is 7.92. The average Bonchev–Trinajstić information content (AvgIpc) is 2.64. The van der Waals surface area contributed by atoms with Crippen LogP contribution in [0.4, 0.5) is 0 Å². The molecule has 4 nitrogen and oxygen atoms in total. The Balaban J connectivity index is 3.07. The number of ether oxygens (including phenoxy) is 4. The molecule has 134 valence electrons. The molecule has 0 heterocycles. The van der Waals surface area contributed by atoms with Crippen molar-refractivity contribution in [2.45, 2.75) is 26.4 Å². The van der Waals surface area contributed by atoms with Gasteiger partial charge in [0.2, 0.25) is 0 Å². The van der Waals surface area contributed by atoms with Gasteiger partial charge in [-0.2, -0.15) is 0 Å². The van der Waals surface area contributed by atoms with Crippen molar-refractivity contribution in [3.05, 3.63) is 34.4 Å². The van der Waals surface area contributed by atoms with Crippen LogP contribution in [0.3, 0.4) is 0 Å². The third-order valence-electron chi connectivity index (χ3n) is 3.29. The van der Waals surface area contributed by atoms with Crippen molar-refractivity contribution in [3.63, 3.8) is 0 Å². The first-order valence-corrected chi connectivity index (χ1v) is 7.95. The minimum atomic E-state index is 0.223. The maximum Gasteiger partial charge on any atom is 0.107 e. The molecule has 0 amide bonds. The summed E-state index contributed by atoms with van der Waals surface area (Å²) in [4.78, 5) is 0. The predicted octanol–water partition coefficient (Wildman–Crippen LogP) is 2.29. The topological polar surface area (TPSA) is 36.9 Å². The van der Waals surface area contributed by atoms with Crippen molar-refractivity contribution in [3.8, 4) is 49.4 Å². The summed E-state index contributed by atoms with van der Waals surface area (Å²) >= 11 is 0. The van der Waals surface area contributed by atoms with Gasteiger partial charge < -0.3 is 18.9 Å². The molecule has 0 saturated heterocycles. The second-order valence-corrected chi connectivity index (χ2v) is 5.18. The highest BCUT2D eigenvalue weighted by molar-refractivity contribution is 5.38. The van der Waals surface area contributed by atoms with Gasteiger partial charge in [-0.05, 0) is 22.3 Å². The molecule has 0 saturated carbocycles. The average molecular weight is 350 g/mol. The van der Waals surface area contributed by atoms with E-state index in [1.165, 1.54) is 0 Å². The van der Waals surface area contributed by atoms with Gasteiger partial charge in [0.15, 0.2) is 0 Å². The van der Waals surface area contributed by atoms with Crippen molar-refractivity contribution in [1.29, 1.82) is 0 Å². The van der Waals surface area contributed by atoms with Gasteiger partial charge in [0.05, 0.1) is 26.4 Å². The second-order valence-electron chi connectivity index (χ2n) is 5.18. The van der Waals surface area contributed by atoms with Crippen molar-refractivity contribution >= 4 is 0 Å². The highest BCUT2D eigenvalue weighted by Gasteiger charge is 2.11. The van der Waals surface area contributed by atoms with E-state index >= 15 is 0 Å². The molecule has 26 heavy (non-hydrogen) atoms. The molecule has 1 aromatic carbocycles. The first kappa shape index (κ1) is 21.3. The van der Waals surface area contributed by atoms with Crippen LogP contribution in [-0.2, 0) is 45.4 Å². The van der Waals surface area contributed by atoms with Gasteiger partial charge >= 0.3 is 0 Å². The number of rotatable bonds is 12. The molecule has 0 aliphatic carbocycles. The van der Waals surface area contributed by atoms with Gasteiger partial charge in [-0.3, -0.25) is 0 Å². The molecule has 0 aliphatic heterocycles. The Morgan fingerprint density at radius 2 is 0.731 bits per heavy atom. The van der Waals surface area contributed by atoms with Crippen LogP contribution >= 0.6 is 0 Å². The smallest absolute Gasteiger partial charge is 0.107 e. The summed E-state index contributed by atoms with van der Waals surface area (Å²) in [7, 11) is 0. The first-order chi connectivity index (χ1) is 12.8. The minimum Gasteiger partial charge on any atom is -0.364 e. The molecule has 0 aliphatic rings. The summed E-state index contributed by atoms with van der Waals surface area (Å²) in [5.74, 6) is 9.79. The summed E-state index contributed by atoms with van der Waals surface area (Å²) in [6, 6.07) is 3.96. The summed E-state index contributed by atoms with van der Waals surface area (Å²) in [5.41, 5.74) is 3.77. The molecule has 0 radical (unpaired) electrons. The fraction of sp³-hybridized carbons (Fsp3) is 0.364. The number of hydrogen-bond donors (Lipinski definition) is 0. The molecule has 0 aromatic heterocycles. The van der Waals surface area contributed by atoms with E-state index in [2.05, 4.69) is 23.7 Å². The SMILES string of the molecule is C#CCOCc1cc(COCC#C)c(COCC#C)cc1COCC#C. The van der Waals surface area contributed by atoms with Crippen LogP contribution in [0.15, 0.2) is 12.1 Å². The molecule has 0 atom stereocenters. The van der Waals surface area contributed by atoms with E-state index in [4.69, 9.17) is 44.6 Å². The van der Waals surface area contributed by atoms with Crippen molar-refractivity contribution in [1.82, 2.24) is 0 Å². The van der Waals surface area contributed by atoms with Gasteiger partial charge in [0, 0.05) is 0 Å². The molecule has 0 unspecified atom stereocenters. The van der Waals surface area contributed by atoms with Crippen LogP contribution in [0.25, 0.3) is 0 Å². The van der Waals surface area contributed by atoms with E-state index < -0.39 is 0 Å². The first-order valence-electron chi connectivity index (χ1n) is 7.95. The lowest BCUT2D eigenvalue weighted by molar-refractivity contribution is 0.131. The Morgan fingerprint density at radius 3 is 0.923 bits per heavy atom. The molecule has 0 spiro atoms. The van der Waals surface area contributed by atoms with E-state index in [0.29, 0.717) is 26.4 Å². The standard InChI is InChI=1S/C22H22O4/c1-5-9-23-15-19-13-21(17-25-11-7-3)22(18-26-12-8-4)14-20(19)16-24-10-6-2/h1-4,13-14H,9-12,15-18H2. The van der Waals surface area contributed by atoms with Crippen molar-refractivity contribution in [2.75, 3.05) is 26.4 Å². The summed E-state index contributed by atoms with van der Waals surface area (Å²) in [6.07, 6.45) is 21.0. The molecule has 1 rings (SSSR count). The normalized spacial score (nSPS) is 9.69. The fourth-order valence-corrected chi connectivity index (χ4v) is 2.21. The highest BCUT2D eigenvalue weighted by Crippen LogP contribution is 2.21. The molecule has 1 aromatic rings. The van der Waals surface area contributed by atoms with Crippen LogP contribution in [0.1, 0.15) is 22.3 Å². The summed E-state index contributed by atoms with van der Waals surface area (Å²) in [6.45, 7) is 2.31. The predicted molar refractivity (Wildman–Crippen MR) is 100 cm³/mol. The van der Waals surface area contributed by atoms with Crippen molar-refractivity contribution in [2.24, 2.45) is 0 Å². The molecule has 0 N–H and O–H groups in total. The highest BCUT2D eigenvalue weighted by atomic mass is 16.5. The van der Waals surface area contributed by atoms with Crippen LogP contribution in [0, 0.1) is 49.4 Å². The molecule has 0 fully saturated rings. The fourth-order valence-electron chi connectivity index (χ4n) is 2.21. The van der Waals surface area contributed by atoms with Crippen molar-refractivity contribution < 1.29 is 18.9 Å². The Kier molecular flexibility index (Phi) is 11.1. The third-order valence-corrected chi connectivity index (χ3v) is 3.29. The van der Waals surface area contributed by atoms with Gasteiger partial charge in [-0.1, -0.05) is 35.8 Å². The molecular weight excluding hydrogens is 328 g/mol. The van der Waals surface area contributed by atoms with Crippen LogP contribution in [-0.4, -0.2) is 26.4 Å². The van der Waals surface area contributed by atoms with E-state index in [-0.39, 0.29) is 26.4 Å². The van der Waals surface area contributed by atoms with E-state index in [9.17, 15) is 0 Å². The minimum absolute atomic E-state index is 0.223.